The highest BCUT2D eigenvalue weighted by Gasteiger charge is 2.10. The van der Waals surface area contributed by atoms with E-state index in [0.717, 1.165) is 17.5 Å². The van der Waals surface area contributed by atoms with Crippen LogP contribution in [0.25, 0.3) is 0 Å². The maximum Gasteiger partial charge on any atom is 0.254 e. The second-order valence-corrected chi connectivity index (χ2v) is 4.90. The van der Waals surface area contributed by atoms with Gasteiger partial charge in [-0.3, -0.25) is 4.79 Å². The van der Waals surface area contributed by atoms with Gasteiger partial charge in [-0.15, -0.1) is 0 Å². The standard InChI is InChI=1S/C16H19N3O2/c1-11-15(9-18-12(2)19-11)16(21)17-8-7-13-3-5-14(10-20)6-4-13/h3-6,9,20H,7-8,10H2,1-2H3,(H,17,21). The average molecular weight is 285 g/mol. The van der Waals surface area contributed by atoms with Crippen LogP contribution >= 0.6 is 0 Å². The molecule has 2 aromatic rings. The number of carbonyl (C=O) groups excluding carboxylic acids is 1. The highest BCUT2D eigenvalue weighted by Crippen LogP contribution is 2.06. The fourth-order valence-corrected chi connectivity index (χ4v) is 2.03. The summed E-state index contributed by atoms with van der Waals surface area (Å²) >= 11 is 0. The molecule has 0 aliphatic heterocycles. The largest absolute Gasteiger partial charge is 0.392 e. The number of aryl methyl sites for hydroxylation is 2. The molecular weight excluding hydrogens is 266 g/mol. The molecule has 0 bridgehead atoms. The molecule has 1 amide bonds. The van der Waals surface area contributed by atoms with Crippen LogP contribution in [0.5, 0.6) is 0 Å². The summed E-state index contributed by atoms with van der Waals surface area (Å²) in [5.74, 6) is 0.507. The van der Waals surface area contributed by atoms with Crippen LogP contribution < -0.4 is 5.32 Å². The molecule has 5 heteroatoms. The van der Waals surface area contributed by atoms with Gasteiger partial charge >= 0.3 is 0 Å². The minimum Gasteiger partial charge on any atom is -0.392 e. The topological polar surface area (TPSA) is 75.1 Å². The number of carbonyl (C=O) groups is 1. The van der Waals surface area contributed by atoms with Gasteiger partial charge in [0.15, 0.2) is 0 Å². The predicted octanol–water partition coefficient (Wildman–Crippen LogP) is 1.56. The van der Waals surface area contributed by atoms with Crippen LogP contribution in [-0.2, 0) is 13.0 Å². The lowest BCUT2D eigenvalue weighted by Gasteiger charge is -2.07. The van der Waals surface area contributed by atoms with Crippen LogP contribution in [0.1, 0.15) is 33.0 Å². The van der Waals surface area contributed by atoms with Crippen LogP contribution in [0.15, 0.2) is 30.5 Å². The smallest absolute Gasteiger partial charge is 0.254 e. The number of aliphatic hydroxyl groups is 1. The van der Waals surface area contributed by atoms with E-state index in [1.54, 1.807) is 20.0 Å². The Balaban J connectivity index is 1.88. The molecule has 0 aliphatic rings. The minimum atomic E-state index is -0.153. The summed E-state index contributed by atoms with van der Waals surface area (Å²) < 4.78 is 0. The molecule has 0 aliphatic carbocycles. The number of hydrogen-bond donors (Lipinski definition) is 2. The summed E-state index contributed by atoms with van der Waals surface area (Å²) in [6.07, 6.45) is 2.30. The van der Waals surface area contributed by atoms with Crippen molar-refractivity contribution in [2.75, 3.05) is 6.54 Å². The lowest BCUT2D eigenvalue weighted by atomic mass is 10.1. The van der Waals surface area contributed by atoms with E-state index < -0.39 is 0 Å². The maximum atomic E-state index is 12.0. The van der Waals surface area contributed by atoms with E-state index in [-0.39, 0.29) is 12.5 Å². The van der Waals surface area contributed by atoms with Crippen LogP contribution in [0.2, 0.25) is 0 Å². The van der Waals surface area contributed by atoms with Gasteiger partial charge in [0.2, 0.25) is 0 Å². The van der Waals surface area contributed by atoms with Crippen molar-refractivity contribution in [3.63, 3.8) is 0 Å². The number of hydrogen-bond acceptors (Lipinski definition) is 4. The Morgan fingerprint density at radius 2 is 1.86 bits per heavy atom. The molecule has 1 heterocycles. The molecular formula is C16H19N3O2. The zero-order valence-corrected chi connectivity index (χ0v) is 12.3. The van der Waals surface area contributed by atoms with Gasteiger partial charge < -0.3 is 10.4 Å². The quantitative estimate of drug-likeness (QED) is 0.874. The molecule has 110 valence electrons. The molecule has 0 radical (unpaired) electrons. The first-order valence-corrected chi connectivity index (χ1v) is 6.87. The van der Waals surface area contributed by atoms with Crippen molar-refractivity contribution >= 4 is 5.91 Å². The SMILES string of the molecule is Cc1ncc(C(=O)NCCc2ccc(CO)cc2)c(C)n1. The van der Waals surface area contributed by atoms with E-state index in [1.165, 1.54) is 0 Å². The normalized spacial score (nSPS) is 10.4. The van der Waals surface area contributed by atoms with Crippen LogP contribution in [0.4, 0.5) is 0 Å². The Morgan fingerprint density at radius 3 is 2.48 bits per heavy atom. The second kappa shape index (κ2) is 6.95. The lowest BCUT2D eigenvalue weighted by molar-refractivity contribution is 0.0952. The number of aliphatic hydroxyl groups excluding tert-OH is 1. The van der Waals surface area contributed by atoms with Gasteiger partial charge in [-0.2, -0.15) is 0 Å². The molecule has 1 aromatic heterocycles. The molecule has 0 unspecified atom stereocenters. The number of nitrogens with one attached hydrogen (secondary N) is 1. The maximum absolute atomic E-state index is 12.0. The Morgan fingerprint density at radius 1 is 1.19 bits per heavy atom. The van der Waals surface area contributed by atoms with E-state index in [2.05, 4.69) is 15.3 Å². The Kier molecular flexibility index (Phi) is 5.00. The summed E-state index contributed by atoms with van der Waals surface area (Å²) in [5, 5.41) is 11.8. The highest BCUT2D eigenvalue weighted by atomic mass is 16.3. The van der Waals surface area contributed by atoms with Crippen molar-refractivity contribution in [1.82, 2.24) is 15.3 Å². The Labute approximate surface area is 124 Å². The summed E-state index contributed by atoms with van der Waals surface area (Å²) in [5.41, 5.74) is 3.20. The van der Waals surface area contributed by atoms with Crippen molar-refractivity contribution < 1.29 is 9.90 Å². The Bertz CT molecular complexity index is 624. The number of amides is 1. The lowest BCUT2D eigenvalue weighted by Crippen LogP contribution is -2.27. The third kappa shape index (κ3) is 4.10. The van der Waals surface area contributed by atoms with Gasteiger partial charge in [0, 0.05) is 12.7 Å². The minimum absolute atomic E-state index is 0.0454. The highest BCUT2D eigenvalue weighted by molar-refractivity contribution is 5.94. The third-order valence-corrected chi connectivity index (χ3v) is 3.25. The van der Waals surface area contributed by atoms with Gasteiger partial charge in [-0.25, -0.2) is 9.97 Å². The first-order chi connectivity index (χ1) is 10.1. The molecule has 0 atom stereocenters. The summed E-state index contributed by atoms with van der Waals surface area (Å²) in [6, 6.07) is 7.68. The molecule has 2 rings (SSSR count). The first kappa shape index (κ1) is 15.1. The number of benzene rings is 1. The molecule has 0 saturated heterocycles. The predicted molar refractivity (Wildman–Crippen MR) is 79.9 cm³/mol. The second-order valence-electron chi connectivity index (χ2n) is 4.90. The third-order valence-electron chi connectivity index (χ3n) is 3.25. The molecule has 5 nitrogen and oxygen atoms in total. The monoisotopic (exact) mass is 285 g/mol. The van der Waals surface area contributed by atoms with E-state index >= 15 is 0 Å². The van der Waals surface area contributed by atoms with Gasteiger partial charge in [0.05, 0.1) is 17.9 Å². The number of aromatic nitrogens is 2. The van der Waals surface area contributed by atoms with Gasteiger partial charge in [0.25, 0.3) is 5.91 Å². The molecule has 21 heavy (non-hydrogen) atoms. The van der Waals surface area contributed by atoms with Crippen molar-refractivity contribution in [2.24, 2.45) is 0 Å². The van der Waals surface area contributed by atoms with Crippen LogP contribution in [-0.4, -0.2) is 27.5 Å². The van der Waals surface area contributed by atoms with E-state index in [0.29, 0.717) is 23.6 Å². The van der Waals surface area contributed by atoms with Crippen molar-refractivity contribution in [3.8, 4) is 0 Å². The number of rotatable bonds is 5. The molecule has 2 N–H and O–H groups in total. The van der Waals surface area contributed by atoms with Gasteiger partial charge in [-0.1, -0.05) is 24.3 Å². The fraction of sp³-hybridized carbons (Fsp3) is 0.312. The summed E-state index contributed by atoms with van der Waals surface area (Å²) in [6.45, 7) is 4.19. The van der Waals surface area contributed by atoms with E-state index in [1.807, 2.05) is 24.3 Å². The summed E-state index contributed by atoms with van der Waals surface area (Å²) in [4.78, 5) is 20.3. The van der Waals surface area contributed by atoms with Crippen LogP contribution in [0, 0.1) is 13.8 Å². The van der Waals surface area contributed by atoms with Crippen molar-refractivity contribution in [3.05, 3.63) is 58.7 Å². The zero-order valence-electron chi connectivity index (χ0n) is 12.3. The fourth-order valence-electron chi connectivity index (χ4n) is 2.03. The summed E-state index contributed by atoms with van der Waals surface area (Å²) in [7, 11) is 0. The number of nitrogens with zero attached hydrogens (tertiary/aromatic N) is 2. The van der Waals surface area contributed by atoms with Crippen molar-refractivity contribution in [1.29, 1.82) is 0 Å². The zero-order chi connectivity index (χ0) is 15.2. The Hall–Kier alpha value is -2.27. The molecule has 1 aromatic carbocycles. The average Bonchev–Trinajstić information content (AvgIpc) is 2.47. The molecule has 0 fully saturated rings. The first-order valence-electron chi connectivity index (χ1n) is 6.87. The van der Waals surface area contributed by atoms with Gasteiger partial charge in [0.1, 0.15) is 5.82 Å². The van der Waals surface area contributed by atoms with E-state index in [4.69, 9.17) is 5.11 Å². The van der Waals surface area contributed by atoms with Crippen molar-refractivity contribution in [2.45, 2.75) is 26.9 Å². The van der Waals surface area contributed by atoms with Gasteiger partial charge in [-0.05, 0) is 31.4 Å². The van der Waals surface area contributed by atoms with E-state index in [9.17, 15) is 4.79 Å². The molecule has 0 spiro atoms. The molecule has 0 saturated carbocycles. The van der Waals surface area contributed by atoms with Crippen LogP contribution in [0.3, 0.4) is 0 Å².